The Morgan fingerprint density at radius 2 is 0.712 bits per heavy atom. The van der Waals surface area contributed by atoms with Gasteiger partial charge in [-0.3, -0.25) is 44.1 Å². The molecule has 7 heterocycles. The molecule has 0 spiro atoms. The number of pyridine rings is 1. The number of sulfone groups is 1. The number of furan rings is 1. The Kier molecular flexibility index (Phi) is 22.3. The SMILES string of the molecule is CS(=O)(=O)c1ccc(C(=O)Nc2ccc(Cl)c(-c3cnc4ccccc4n3)c2)cc1.Cc1ccc(C(=O)Nc2ccc(Cl)c(-c3cnc4ccccc4n3)c2)cn1.O=C(Nc1ccc(Cl)c(-c2cnc3ccccc3n2)c1)c1ccc2cc[nH]c2c1.O=C(Nc1ccc(Cl)c(-c2cnc3ccccc3n2)c1)c1ccoc1. The first kappa shape index (κ1) is 74.4. The molecular weight excluding hydrogens is 1500 g/mol. The lowest BCUT2D eigenvalue weighted by Crippen LogP contribution is -2.12. The number of carbonyl (C=O) groups excluding carboxylic acids is 4. The van der Waals surface area contributed by atoms with Crippen molar-refractivity contribution >= 4 is 158 Å². The average Bonchev–Trinajstić information content (AvgIpc) is 1.28. The molecule has 111 heavy (non-hydrogen) atoms. The minimum absolute atomic E-state index is 0.155. The fourth-order valence-corrected chi connectivity index (χ4v) is 12.9. The highest BCUT2D eigenvalue weighted by atomic mass is 35.5. The maximum atomic E-state index is 12.7. The zero-order chi connectivity index (χ0) is 77.1. The van der Waals surface area contributed by atoms with Crippen LogP contribution in [0.25, 0.3) is 100 Å². The van der Waals surface area contributed by atoms with Crippen molar-refractivity contribution in [2.45, 2.75) is 11.8 Å². The van der Waals surface area contributed by atoms with E-state index in [1.807, 2.05) is 134 Å². The Morgan fingerprint density at radius 1 is 0.360 bits per heavy atom. The van der Waals surface area contributed by atoms with Crippen LogP contribution in [-0.4, -0.2) is 88.1 Å². The number of H-pyrrole nitrogens is 1. The summed E-state index contributed by atoms with van der Waals surface area (Å²) in [4.78, 5) is 93.4. The molecule has 0 saturated heterocycles. The number of nitrogens with zero attached hydrogens (tertiary/aromatic N) is 9. The van der Waals surface area contributed by atoms with Crippen molar-refractivity contribution in [1.29, 1.82) is 0 Å². The lowest BCUT2D eigenvalue weighted by molar-refractivity contribution is 0.101. The molecule has 4 amide bonds. The number of hydrogen-bond acceptors (Lipinski definition) is 16. The predicted octanol–water partition coefficient (Wildman–Crippen LogP) is 20.0. The Bertz CT molecular complexity index is 6520. The summed E-state index contributed by atoms with van der Waals surface area (Å²) >= 11 is 25.4. The van der Waals surface area contributed by atoms with Crippen molar-refractivity contribution in [3.63, 3.8) is 0 Å². The zero-order valence-corrected chi connectivity index (χ0v) is 62.3. The normalized spacial score (nSPS) is 11.0. The van der Waals surface area contributed by atoms with Gasteiger partial charge in [-0.25, -0.2) is 28.4 Å². The predicted molar refractivity (Wildman–Crippen MR) is 437 cm³/mol. The quantitative estimate of drug-likeness (QED) is 0.0717. The average molecular weight is 1560 g/mol. The molecule has 544 valence electrons. The first-order chi connectivity index (χ1) is 53.8. The Labute approximate surface area is 653 Å². The molecule has 0 bridgehead atoms. The van der Waals surface area contributed by atoms with Crippen LogP contribution in [0.5, 0.6) is 0 Å². The maximum absolute atomic E-state index is 12.7. The molecule has 5 N–H and O–H groups in total. The fourth-order valence-electron chi connectivity index (χ4n) is 11.4. The molecule has 17 rings (SSSR count). The standard InChI is InChI=1S/C23H15ClN4O.C22H16ClN3O3S.C21H15ClN4O.C19H12ClN3O2/c24-18-8-7-16(27-23(29)15-6-5-14-9-10-25-21(14)11-15)12-17(18)22-13-26-19-3-1-2-4-20(19)28-22;1-30(28,29)16-9-6-14(7-10-16)22(27)25-15-8-11-18(23)17(12-15)21-13-24-19-4-2-3-5-20(19)26-21;1-13-6-7-14(11-23-13)21(27)25-15-8-9-17(22)16(10-15)20-12-24-18-4-2-3-5-19(18)26-20;20-15-6-5-13(22-19(24)12-7-8-25-11-12)9-14(15)18-10-21-16-3-1-2-4-17(16)23-18/h1-13,25H,(H,27,29);2-13H,1H3,(H,25,27);2-12H,1H3,(H,25,27);1-11H,(H,22,24). The number of aromatic nitrogens is 10. The summed E-state index contributed by atoms with van der Waals surface area (Å²) in [6.07, 6.45) is 14.0. The van der Waals surface area contributed by atoms with Gasteiger partial charge in [-0.15, -0.1) is 0 Å². The summed E-state index contributed by atoms with van der Waals surface area (Å²) in [5, 5.41) is 14.6. The molecule has 0 fully saturated rings. The van der Waals surface area contributed by atoms with Crippen LogP contribution in [0.15, 0.2) is 296 Å². The molecule has 21 nitrogen and oxygen atoms in total. The smallest absolute Gasteiger partial charge is 0.258 e. The number of aryl methyl sites for hydroxylation is 1. The number of hydrogen-bond donors (Lipinski definition) is 5. The number of rotatable bonds is 13. The zero-order valence-electron chi connectivity index (χ0n) is 58.4. The molecule has 17 aromatic rings. The van der Waals surface area contributed by atoms with Crippen molar-refractivity contribution < 1.29 is 32.0 Å². The number of para-hydroxylation sites is 8. The highest BCUT2D eigenvalue weighted by Gasteiger charge is 2.18. The lowest BCUT2D eigenvalue weighted by Gasteiger charge is -2.10. The van der Waals surface area contributed by atoms with E-state index < -0.39 is 9.84 Å². The Morgan fingerprint density at radius 3 is 1.07 bits per heavy atom. The third-order valence-corrected chi connectivity index (χ3v) is 19.6. The number of carbonyl (C=O) groups is 4. The summed E-state index contributed by atoms with van der Waals surface area (Å²) in [7, 11) is -3.32. The topological polar surface area (TPSA) is 295 Å². The van der Waals surface area contributed by atoms with Crippen LogP contribution in [0, 0.1) is 6.92 Å². The second kappa shape index (κ2) is 33.3. The monoisotopic (exact) mass is 1560 g/mol. The largest absolute Gasteiger partial charge is 0.472 e. The van der Waals surface area contributed by atoms with E-state index in [2.05, 4.69) is 71.1 Å². The second-order valence-corrected chi connectivity index (χ2v) is 28.5. The van der Waals surface area contributed by atoms with Gasteiger partial charge in [0, 0.05) is 86.0 Å². The van der Waals surface area contributed by atoms with Crippen LogP contribution in [-0.2, 0) is 9.84 Å². The number of amides is 4. The first-order valence-electron chi connectivity index (χ1n) is 33.9. The van der Waals surface area contributed by atoms with Crippen LogP contribution in [0.4, 0.5) is 22.7 Å². The molecule has 0 unspecified atom stereocenters. The Balaban J connectivity index is 0.000000123. The van der Waals surface area contributed by atoms with E-state index in [0.29, 0.717) is 110 Å². The van der Waals surface area contributed by atoms with Gasteiger partial charge in [0.05, 0.1) is 134 Å². The summed E-state index contributed by atoms with van der Waals surface area (Å²) < 4.78 is 28.1. The molecule has 7 aromatic heterocycles. The van der Waals surface area contributed by atoms with Crippen LogP contribution >= 0.6 is 46.4 Å². The fraction of sp³-hybridized carbons (Fsp3) is 0.0235. The summed E-state index contributed by atoms with van der Waals surface area (Å²) in [5.74, 6) is -1.06. The molecule has 26 heteroatoms. The first-order valence-corrected chi connectivity index (χ1v) is 37.3. The molecule has 0 aliphatic rings. The third kappa shape index (κ3) is 18.1. The molecule has 0 radical (unpaired) electrons. The minimum Gasteiger partial charge on any atom is -0.472 e. The molecule has 0 atom stereocenters. The highest BCUT2D eigenvalue weighted by molar-refractivity contribution is 7.90. The van der Waals surface area contributed by atoms with E-state index in [9.17, 15) is 27.6 Å². The van der Waals surface area contributed by atoms with E-state index >= 15 is 0 Å². The van der Waals surface area contributed by atoms with Gasteiger partial charge in [0.15, 0.2) is 9.84 Å². The molecule has 0 aliphatic carbocycles. The van der Waals surface area contributed by atoms with Gasteiger partial charge in [-0.05, 0) is 194 Å². The maximum Gasteiger partial charge on any atom is 0.258 e. The lowest BCUT2D eigenvalue weighted by atomic mass is 10.1. The van der Waals surface area contributed by atoms with Crippen LogP contribution in [0.1, 0.15) is 47.1 Å². The molecular formula is C85H58Cl4N14O7S. The van der Waals surface area contributed by atoms with Gasteiger partial charge in [0.2, 0.25) is 0 Å². The second-order valence-electron chi connectivity index (χ2n) is 24.8. The third-order valence-electron chi connectivity index (χ3n) is 17.1. The number of fused-ring (bicyclic) bond motifs is 5. The van der Waals surface area contributed by atoms with Gasteiger partial charge in [-0.2, -0.15) is 0 Å². The van der Waals surface area contributed by atoms with Crippen molar-refractivity contribution in [3.8, 4) is 45.0 Å². The number of nitrogens with one attached hydrogen (secondary N) is 5. The molecule has 10 aromatic carbocycles. The van der Waals surface area contributed by atoms with Gasteiger partial charge in [0.1, 0.15) is 6.26 Å². The minimum atomic E-state index is -3.32. The highest BCUT2D eigenvalue weighted by Crippen LogP contribution is 2.35. The van der Waals surface area contributed by atoms with Gasteiger partial charge < -0.3 is 30.7 Å². The van der Waals surface area contributed by atoms with Crippen LogP contribution < -0.4 is 21.3 Å². The van der Waals surface area contributed by atoms with E-state index in [1.54, 1.807) is 122 Å². The van der Waals surface area contributed by atoms with Crippen LogP contribution in [0.2, 0.25) is 20.1 Å². The van der Waals surface area contributed by atoms with E-state index in [0.717, 1.165) is 67.0 Å². The van der Waals surface area contributed by atoms with Crippen molar-refractivity contribution in [1.82, 2.24) is 49.8 Å². The van der Waals surface area contributed by atoms with Crippen molar-refractivity contribution in [2.24, 2.45) is 0 Å². The van der Waals surface area contributed by atoms with E-state index in [1.165, 1.54) is 36.8 Å². The number of anilines is 4. The van der Waals surface area contributed by atoms with Gasteiger partial charge in [0.25, 0.3) is 23.6 Å². The van der Waals surface area contributed by atoms with Gasteiger partial charge in [-0.1, -0.05) is 101 Å². The number of aromatic amines is 1. The van der Waals surface area contributed by atoms with Crippen molar-refractivity contribution in [3.05, 3.63) is 334 Å². The van der Waals surface area contributed by atoms with E-state index in [4.69, 9.17) is 50.8 Å². The number of benzene rings is 10. The Hall–Kier alpha value is -13.5. The van der Waals surface area contributed by atoms with Gasteiger partial charge >= 0.3 is 0 Å². The summed E-state index contributed by atoms with van der Waals surface area (Å²) in [6.45, 7) is 1.87. The van der Waals surface area contributed by atoms with E-state index in [-0.39, 0.29) is 28.5 Å². The molecule has 0 aliphatic heterocycles. The number of halogens is 4. The van der Waals surface area contributed by atoms with Crippen LogP contribution in [0.3, 0.4) is 0 Å². The van der Waals surface area contributed by atoms with Crippen molar-refractivity contribution in [2.75, 3.05) is 27.5 Å². The molecule has 0 saturated carbocycles. The summed E-state index contributed by atoms with van der Waals surface area (Å²) in [5.41, 5.74) is 17.6. The summed E-state index contributed by atoms with van der Waals surface area (Å²) in [6, 6.07) is 69.7.